The molecule has 0 aromatic heterocycles. The quantitative estimate of drug-likeness (QED) is 0.538. The minimum absolute atomic E-state index is 0.00695. The largest absolute Gasteiger partial charge is 0.469 e. The van der Waals surface area contributed by atoms with Crippen LogP contribution >= 0.6 is 7.82 Å². The first-order valence-electron chi connectivity index (χ1n) is 6.82. The van der Waals surface area contributed by atoms with Crippen LogP contribution in [0.5, 0.6) is 0 Å². The SMILES string of the molecule is C[Si](C)(C)OC(COP(=O)(O)O)([Si](C)(C)C)[Si](C)(C)C. The predicted molar refractivity (Wildman–Crippen MR) is 91.9 cm³/mol. The minimum Gasteiger partial charge on any atom is -0.416 e. The summed E-state index contributed by atoms with van der Waals surface area (Å²) in [6, 6.07) is 0. The summed E-state index contributed by atoms with van der Waals surface area (Å²) in [5, 5.41) is 0. The first kappa shape index (κ1) is 20.7. The van der Waals surface area contributed by atoms with E-state index >= 15 is 0 Å². The number of phosphoric acid groups is 1. The zero-order valence-corrected chi connectivity index (χ0v) is 18.2. The highest BCUT2D eigenvalue weighted by atomic mass is 31.2. The van der Waals surface area contributed by atoms with Crippen LogP contribution in [0, 0.1) is 0 Å². The van der Waals surface area contributed by atoms with Crippen LogP contribution in [0.15, 0.2) is 0 Å². The van der Waals surface area contributed by atoms with E-state index in [2.05, 4.69) is 58.9 Å². The number of rotatable bonds is 7. The highest BCUT2D eigenvalue weighted by molar-refractivity contribution is 7.46. The van der Waals surface area contributed by atoms with Crippen LogP contribution in [0.2, 0.25) is 58.9 Å². The molecule has 0 aliphatic heterocycles. The predicted octanol–water partition coefficient (Wildman–Crippen LogP) is 3.44. The van der Waals surface area contributed by atoms with Crippen molar-refractivity contribution < 1.29 is 23.3 Å². The summed E-state index contributed by atoms with van der Waals surface area (Å²) in [7, 11) is -10.1. The molecule has 0 bridgehead atoms. The second-order valence-electron chi connectivity index (χ2n) is 8.31. The average Bonchev–Trinajstić information content (AvgIpc) is 2.04. The molecule has 0 aliphatic carbocycles. The Balaban J connectivity index is 5.77. The van der Waals surface area contributed by atoms with E-state index < -0.39 is 37.1 Å². The lowest BCUT2D eigenvalue weighted by molar-refractivity contribution is 0.104. The molecule has 9 heteroatoms. The average molecular weight is 359 g/mol. The summed E-state index contributed by atoms with van der Waals surface area (Å²) in [4.78, 5) is 17.7. The van der Waals surface area contributed by atoms with E-state index in [4.69, 9.17) is 18.7 Å². The van der Waals surface area contributed by atoms with Gasteiger partial charge in [0.2, 0.25) is 0 Å². The second-order valence-corrected chi connectivity index (χ2v) is 25.1. The normalized spacial score (nSPS) is 15.6. The molecule has 0 aromatic rings. The molecule has 2 N–H and O–H groups in total. The third kappa shape index (κ3) is 5.84. The first-order chi connectivity index (χ1) is 8.41. The molecular weight excluding hydrogens is 327 g/mol. The fourth-order valence-electron chi connectivity index (χ4n) is 2.59. The molecule has 122 valence electrons. The van der Waals surface area contributed by atoms with E-state index in [1.807, 2.05) is 0 Å². The summed E-state index contributed by atoms with van der Waals surface area (Å²) >= 11 is 0. The summed E-state index contributed by atoms with van der Waals surface area (Å²) < 4.78 is 22.6. The van der Waals surface area contributed by atoms with Gasteiger partial charge in [0.15, 0.2) is 8.32 Å². The maximum absolute atomic E-state index is 11.2. The van der Waals surface area contributed by atoms with Crippen molar-refractivity contribution >= 4 is 32.3 Å². The third-order valence-corrected chi connectivity index (χ3v) is 15.0. The Kier molecular flexibility index (Phi) is 6.30. The van der Waals surface area contributed by atoms with Crippen LogP contribution < -0.4 is 0 Å². The van der Waals surface area contributed by atoms with Crippen LogP contribution in [-0.2, 0) is 13.5 Å². The molecule has 0 atom stereocenters. The van der Waals surface area contributed by atoms with Gasteiger partial charge in [0.1, 0.15) is 0 Å². The third-order valence-electron chi connectivity index (χ3n) is 3.34. The van der Waals surface area contributed by atoms with Gasteiger partial charge in [0.05, 0.1) is 27.6 Å². The van der Waals surface area contributed by atoms with E-state index in [0.29, 0.717) is 0 Å². The zero-order chi connectivity index (χ0) is 16.6. The molecule has 0 aliphatic rings. The van der Waals surface area contributed by atoms with Gasteiger partial charge in [-0.1, -0.05) is 39.3 Å². The van der Waals surface area contributed by atoms with Gasteiger partial charge in [-0.25, -0.2) is 4.57 Å². The smallest absolute Gasteiger partial charge is 0.416 e. The van der Waals surface area contributed by atoms with Gasteiger partial charge in [-0.2, -0.15) is 0 Å². The van der Waals surface area contributed by atoms with Crippen LogP contribution in [0.25, 0.3) is 0 Å². The van der Waals surface area contributed by atoms with Gasteiger partial charge in [-0.3, -0.25) is 4.52 Å². The lowest BCUT2D eigenvalue weighted by Crippen LogP contribution is -2.72. The van der Waals surface area contributed by atoms with Crippen LogP contribution in [0.4, 0.5) is 0 Å². The number of phosphoric ester groups is 1. The summed E-state index contributed by atoms with van der Waals surface area (Å²) in [5.74, 6) is 0. The van der Waals surface area contributed by atoms with Crippen LogP contribution in [0.3, 0.4) is 0 Å². The topological polar surface area (TPSA) is 76.0 Å². The van der Waals surface area contributed by atoms with E-state index in [9.17, 15) is 4.57 Å². The van der Waals surface area contributed by atoms with E-state index in [-0.39, 0.29) is 6.61 Å². The number of hydrogen-bond acceptors (Lipinski definition) is 3. The number of hydrogen-bond donors (Lipinski definition) is 2. The molecule has 0 saturated carbocycles. The Morgan fingerprint density at radius 1 is 0.900 bits per heavy atom. The summed E-state index contributed by atoms with van der Waals surface area (Å²) in [6.45, 7) is 19.5. The Morgan fingerprint density at radius 2 is 1.25 bits per heavy atom. The monoisotopic (exact) mass is 358 g/mol. The van der Waals surface area contributed by atoms with Crippen LogP contribution in [-0.4, -0.2) is 45.7 Å². The van der Waals surface area contributed by atoms with Gasteiger partial charge >= 0.3 is 7.82 Å². The highest BCUT2D eigenvalue weighted by Gasteiger charge is 2.56. The second kappa shape index (κ2) is 6.08. The van der Waals surface area contributed by atoms with Crippen molar-refractivity contribution in [2.45, 2.75) is 63.8 Å². The van der Waals surface area contributed by atoms with Gasteiger partial charge in [-0.15, -0.1) is 0 Å². The molecular formula is C11H31O5PSi3. The first-order valence-corrected chi connectivity index (χ1v) is 18.8. The lowest BCUT2D eigenvalue weighted by atomic mass is 10.7. The Hall–Kier alpha value is 0.721. The van der Waals surface area contributed by atoms with Gasteiger partial charge in [0, 0.05) is 0 Å². The maximum atomic E-state index is 11.2. The molecule has 0 fully saturated rings. The molecule has 0 spiro atoms. The standard InChI is InChI=1S/C11H31O5PSi3/c1-18(2,3)11(19(4,5)6,16-20(7,8)9)10-15-17(12,13)14/h10H2,1-9H3,(H2,12,13,14). The fourth-order valence-corrected chi connectivity index (χ4v) is 18.6. The fraction of sp³-hybridized carbons (Fsp3) is 1.00. The zero-order valence-electron chi connectivity index (χ0n) is 14.3. The molecule has 0 radical (unpaired) electrons. The van der Waals surface area contributed by atoms with E-state index in [1.165, 1.54) is 0 Å². The Bertz CT molecular complexity index is 361. The molecule has 0 aromatic carbocycles. The Labute approximate surface area is 126 Å². The van der Waals surface area contributed by atoms with Gasteiger partial charge < -0.3 is 14.2 Å². The molecule has 0 heterocycles. The molecule has 0 saturated heterocycles. The molecule has 0 amide bonds. The van der Waals surface area contributed by atoms with Crippen molar-refractivity contribution in [3.8, 4) is 0 Å². The van der Waals surface area contributed by atoms with Crippen molar-refractivity contribution in [2.75, 3.05) is 6.61 Å². The van der Waals surface area contributed by atoms with Crippen molar-refractivity contribution in [1.29, 1.82) is 0 Å². The maximum Gasteiger partial charge on any atom is 0.469 e. The minimum atomic E-state index is -4.49. The van der Waals surface area contributed by atoms with Crippen molar-refractivity contribution in [2.24, 2.45) is 0 Å². The molecule has 5 nitrogen and oxygen atoms in total. The van der Waals surface area contributed by atoms with Crippen molar-refractivity contribution in [1.82, 2.24) is 0 Å². The lowest BCUT2D eigenvalue weighted by Gasteiger charge is -2.54. The Morgan fingerprint density at radius 3 is 1.45 bits per heavy atom. The summed E-state index contributed by atoms with van der Waals surface area (Å²) in [6.07, 6.45) is 0. The van der Waals surface area contributed by atoms with Gasteiger partial charge in [0.25, 0.3) is 0 Å². The van der Waals surface area contributed by atoms with Crippen molar-refractivity contribution in [3.05, 3.63) is 0 Å². The summed E-state index contributed by atoms with van der Waals surface area (Å²) in [5.41, 5.74) is 0. The molecule has 0 unspecified atom stereocenters. The van der Waals surface area contributed by atoms with Crippen LogP contribution in [0.1, 0.15) is 0 Å². The van der Waals surface area contributed by atoms with E-state index in [0.717, 1.165) is 0 Å². The van der Waals surface area contributed by atoms with E-state index in [1.54, 1.807) is 0 Å². The highest BCUT2D eigenvalue weighted by Crippen LogP contribution is 2.43. The molecule has 20 heavy (non-hydrogen) atoms. The van der Waals surface area contributed by atoms with Crippen molar-refractivity contribution in [3.63, 3.8) is 0 Å². The van der Waals surface area contributed by atoms with Gasteiger partial charge in [-0.05, 0) is 19.6 Å². The molecule has 0 rings (SSSR count).